The Morgan fingerprint density at radius 1 is 1.19 bits per heavy atom. The molecule has 1 aliphatic rings. The van der Waals surface area contributed by atoms with Crippen molar-refractivity contribution in [3.63, 3.8) is 0 Å². The van der Waals surface area contributed by atoms with Gasteiger partial charge >= 0.3 is 0 Å². The summed E-state index contributed by atoms with van der Waals surface area (Å²) in [7, 11) is 0. The zero-order chi connectivity index (χ0) is 18.3. The topological polar surface area (TPSA) is 68.1 Å². The molecule has 1 aliphatic heterocycles. The molecule has 1 atom stereocenters. The highest BCUT2D eigenvalue weighted by Gasteiger charge is 2.30. The van der Waals surface area contributed by atoms with E-state index in [0.29, 0.717) is 23.5 Å². The fourth-order valence-electron chi connectivity index (χ4n) is 3.28. The van der Waals surface area contributed by atoms with Gasteiger partial charge in [-0.3, -0.25) is 9.59 Å². The predicted molar refractivity (Wildman–Crippen MR) is 99.2 cm³/mol. The third kappa shape index (κ3) is 2.84. The number of carbonyl (C=O) groups is 2. The van der Waals surface area contributed by atoms with Crippen LogP contribution in [0.4, 0.5) is 0 Å². The molecule has 0 N–H and O–H groups in total. The molecule has 0 radical (unpaired) electrons. The van der Waals surface area contributed by atoms with E-state index in [1.165, 1.54) is 18.3 Å². The Hall–Kier alpha value is -2.80. The monoisotopic (exact) mass is 366 g/mol. The number of amides is 1. The van der Waals surface area contributed by atoms with Crippen LogP contribution in [0, 0.1) is 0 Å². The van der Waals surface area contributed by atoms with Gasteiger partial charge in [0.2, 0.25) is 0 Å². The van der Waals surface area contributed by atoms with E-state index in [2.05, 4.69) is 21.7 Å². The summed E-state index contributed by atoms with van der Waals surface area (Å²) in [5.74, 6) is 1.51. The zero-order valence-electron chi connectivity index (χ0n) is 14.5. The lowest BCUT2D eigenvalue weighted by atomic mass is 10.1. The van der Waals surface area contributed by atoms with Crippen LogP contribution in [0.1, 0.15) is 45.7 Å². The summed E-state index contributed by atoms with van der Waals surface area (Å²) in [5, 5.41) is 10.4. The minimum absolute atomic E-state index is 0.0201. The molecule has 0 saturated heterocycles. The molecular formula is C19H18N4O2S. The van der Waals surface area contributed by atoms with Crippen molar-refractivity contribution < 1.29 is 9.59 Å². The number of benzene rings is 1. The molecule has 0 fully saturated rings. The Morgan fingerprint density at radius 2 is 1.96 bits per heavy atom. The van der Waals surface area contributed by atoms with Crippen LogP contribution in [-0.4, -0.2) is 37.9 Å². The Bertz CT molecular complexity index is 977. The van der Waals surface area contributed by atoms with E-state index >= 15 is 0 Å². The first-order chi connectivity index (χ1) is 12.5. The van der Waals surface area contributed by atoms with E-state index in [9.17, 15) is 9.59 Å². The molecule has 0 bridgehead atoms. The van der Waals surface area contributed by atoms with Gasteiger partial charge in [0.1, 0.15) is 0 Å². The molecular weight excluding hydrogens is 348 g/mol. The van der Waals surface area contributed by atoms with Crippen molar-refractivity contribution in [3.05, 3.63) is 58.0 Å². The fourth-order valence-corrected chi connectivity index (χ4v) is 4.07. The van der Waals surface area contributed by atoms with Gasteiger partial charge in [0.25, 0.3) is 5.91 Å². The van der Waals surface area contributed by atoms with Gasteiger partial charge in [-0.15, -0.1) is 21.5 Å². The Labute approximate surface area is 155 Å². The van der Waals surface area contributed by atoms with Crippen molar-refractivity contribution in [3.8, 4) is 11.4 Å². The number of thiophene rings is 1. The molecule has 0 spiro atoms. The first kappa shape index (κ1) is 16.7. The van der Waals surface area contributed by atoms with E-state index in [1.807, 2.05) is 30.3 Å². The predicted octanol–water partition coefficient (Wildman–Crippen LogP) is 3.43. The standard InChI is InChI=1S/C19H18N4O2S/c1-12-9-22(19(25)15-8-16(13(2)24)26-11-15)10-17-20-21-18(23(12)17)14-6-4-3-5-7-14/h3-8,11-12H,9-10H2,1-2H3/t12-/m0/s1. The van der Waals surface area contributed by atoms with Crippen LogP contribution < -0.4 is 0 Å². The molecule has 26 heavy (non-hydrogen) atoms. The zero-order valence-corrected chi connectivity index (χ0v) is 15.4. The van der Waals surface area contributed by atoms with Crippen LogP contribution in [0.2, 0.25) is 0 Å². The maximum absolute atomic E-state index is 12.8. The van der Waals surface area contributed by atoms with Crippen LogP contribution in [0.25, 0.3) is 11.4 Å². The number of carbonyl (C=O) groups excluding carboxylic acids is 2. The van der Waals surface area contributed by atoms with Gasteiger partial charge in [-0.1, -0.05) is 30.3 Å². The smallest absolute Gasteiger partial charge is 0.255 e. The molecule has 0 saturated carbocycles. The lowest BCUT2D eigenvalue weighted by Gasteiger charge is -2.32. The third-order valence-corrected chi connectivity index (χ3v) is 5.57. The average molecular weight is 366 g/mol. The first-order valence-corrected chi connectivity index (χ1v) is 9.30. The summed E-state index contributed by atoms with van der Waals surface area (Å²) in [6.07, 6.45) is 0. The van der Waals surface area contributed by atoms with Crippen LogP contribution in [-0.2, 0) is 6.54 Å². The second-order valence-electron chi connectivity index (χ2n) is 6.47. The minimum atomic E-state index is -0.0730. The van der Waals surface area contributed by atoms with Crippen LogP contribution >= 0.6 is 11.3 Å². The molecule has 3 heterocycles. The molecule has 1 aromatic carbocycles. The van der Waals surface area contributed by atoms with E-state index < -0.39 is 0 Å². The number of ketones is 1. The summed E-state index contributed by atoms with van der Waals surface area (Å²) in [6, 6.07) is 11.7. The number of hydrogen-bond donors (Lipinski definition) is 0. The fraction of sp³-hybridized carbons (Fsp3) is 0.263. The molecule has 1 amide bonds. The second-order valence-corrected chi connectivity index (χ2v) is 7.38. The third-order valence-electron chi connectivity index (χ3n) is 4.54. The van der Waals surface area contributed by atoms with Crippen molar-refractivity contribution in [1.82, 2.24) is 19.7 Å². The van der Waals surface area contributed by atoms with Crippen molar-refractivity contribution in [2.24, 2.45) is 0 Å². The molecule has 0 aliphatic carbocycles. The highest BCUT2D eigenvalue weighted by Crippen LogP contribution is 2.28. The second kappa shape index (κ2) is 6.49. The quantitative estimate of drug-likeness (QED) is 0.666. The lowest BCUT2D eigenvalue weighted by Crippen LogP contribution is -2.40. The van der Waals surface area contributed by atoms with Crippen LogP contribution in [0.5, 0.6) is 0 Å². The summed E-state index contributed by atoms with van der Waals surface area (Å²) in [5.41, 5.74) is 1.57. The van der Waals surface area contributed by atoms with Gasteiger partial charge in [0, 0.05) is 17.5 Å². The Balaban J connectivity index is 1.61. The molecule has 132 valence electrons. The summed E-state index contributed by atoms with van der Waals surface area (Å²) < 4.78 is 2.10. The maximum Gasteiger partial charge on any atom is 0.255 e. The largest absolute Gasteiger partial charge is 0.329 e. The highest BCUT2D eigenvalue weighted by atomic mass is 32.1. The lowest BCUT2D eigenvalue weighted by molar-refractivity contribution is 0.0682. The van der Waals surface area contributed by atoms with E-state index in [0.717, 1.165) is 17.2 Å². The molecule has 7 heteroatoms. The van der Waals surface area contributed by atoms with Gasteiger partial charge in [0.15, 0.2) is 17.4 Å². The molecule has 6 nitrogen and oxygen atoms in total. The van der Waals surface area contributed by atoms with Crippen molar-refractivity contribution in [1.29, 1.82) is 0 Å². The van der Waals surface area contributed by atoms with Gasteiger partial charge in [-0.25, -0.2) is 0 Å². The molecule has 2 aromatic heterocycles. The Morgan fingerprint density at radius 3 is 2.65 bits per heavy atom. The number of Topliss-reactive ketones (excluding diaryl/α,β-unsaturated/α-hetero) is 1. The normalized spacial score (nSPS) is 16.4. The number of rotatable bonds is 3. The van der Waals surface area contributed by atoms with E-state index in [4.69, 9.17) is 0 Å². The average Bonchev–Trinajstić information content (AvgIpc) is 3.29. The summed E-state index contributed by atoms with van der Waals surface area (Å²) >= 11 is 1.31. The number of fused-ring (bicyclic) bond motifs is 1. The van der Waals surface area contributed by atoms with Crippen molar-refractivity contribution in [2.45, 2.75) is 26.4 Å². The van der Waals surface area contributed by atoms with Crippen molar-refractivity contribution in [2.75, 3.05) is 6.54 Å². The molecule has 4 rings (SSSR count). The summed E-state index contributed by atoms with van der Waals surface area (Å²) in [6.45, 7) is 4.56. The van der Waals surface area contributed by atoms with Crippen molar-refractivity contribution >= 4 is 23.0 Å². The van der Waals surface area contributed by atoms with Crippen LogP contribution in [0.15, 0.2) is 41.8 Å². The minimum Gasteiger partial charge on any atom is -0.329 e. The first-order valence-electron chi connectivity index (χ1n) is 8.42. The Kier molecular flexibility index (Phi) is 4.16. The maximum atomic E-state index is 12.8. The van der Waals surface area contributed by atoms with Gasteiger partial charge < -0.3 is 9.47 Å². The number of aromatic nitrogens is 3. The van der Waals surface area contributed by atoms with E-state index in [1.54, 1.807) is 16.3 Å². The number of hydrogen-bond acceptors (Lipinski definition) is 5. The van der Waals surface area contributed by atoms with Gasteiger partial charge in [0.05, 0.1) is 23.0 Å². The summed E-state index contributed by atoms with van der Waals surface area (Å²) in [4.78, 5) is 26.7. The van der Waals surface area contributed by atoms with Crippen LogP contribution in [0.3, 0.4) is 0 Å². The van der Waals surface area contributed by atoms with E-state index in [-0.39, 0.29) is 17.7 Å². The SMILES string of the molecule is CC(=O)c1cc(C(=O)N2Cc3nnc(-c4ccccc4)n3[C@@H](C)C2)cs1. The van der Waals surface area contributed by atoms with Gasteiger partial charge in [-0.05, 0) is 19.9 Å². The molecule has 0 unspecified atom stereocenters. The number of nitrogens with zero attached hydrogens (tertiary/aromatic N) is 4. The molecule has 3 aromatic rings. The van der Waals surface area contributed by atoms with Gasteiger partial charge in [-0.2, -0.15) is 0 Å². The highest BCUT2D eigenvalue weighted by molar-refractivity contribution is 7.12.